The fraction of sp³-hybridized carbons (Fsp3) is 0.286. The van der Waals surface area contributed by atoms with Gasteiger partial charge in [0.15, 0.2) is 5.78 Å². The van der Waals surface area contributed by atoms with Crippen LogP contribution in [0.1, 0.15) is 48.8 Å². The van der Waals surface area contributed by atoms with Crippen molar-refractivity contribution in [3.63, 3.8) is 0 Å². The van der Waals surface area contributed by atoms with Crippen LogP contribution in [0.4, 0.5) is 11.4 Å². The minimum Gasteiger partial charge on any atom is -0.344 e. The van der Waals surface area contributed by atoms with E-state index in [1.807, 2.05) is 30.3 Å². The van der Waals surface area contributed by atoms with Crippen LogP contribution < -0.4 is 11.1 Å². The lowest BCUT2D eigenvalue weighted by Crippen LogP contribution is -2.52. The molecule has 1 aliphatic heterocycles. The fourth-order valence-electron chi connectivity index (χ4n) is 5.30. The highest BCUT2D eigenvalue weighted by atomic mass is 16.6. The Morgan fingerprint density at radius 1 is 0.787 bits per heavy atom. The molecular weight excluding hydrogens is 602 g/mol. The number of hydrogen-bond donors (Lipinski definition) is 2. The van der Waals surface area contributed by atoms with Crippen molar-refractivity contribution in [3.8, 4) is 0 Å². The summed E-state index contributed by atoms with van der Waals surface area (Å²) >= 11 is 0. The van der Waals surface area contributed by atoms with Gasteiger partial charge in [-0.2, -0.15) is 0 Å². The van der Waals surface area contributed by atoms with Gasteiger partial charge in [-0.1, -0.05) is 43.2 Å². The zero-order valence-electron chi connectivity index (χ0n) is 25.9. The van der Waals surface area contributed by atoms with E-state index in [0.717, 1.165) is 24.8 Å². The van der Waals surface area contributed by atoms with Crippen molar-refractivity contribution in [2.45, 2.75) is 44.6 Å². The van der Waals surface area contributed by atoms with Gasteiger partial charge in [-0.25, -0.2) is 0 Å². The van der Waals surface area contributed by atoms with Crippen molar-refractivity contribution in [1.29, 1.82) is 0 Å². The molecule has 1 saturated heterocycles. The quantitative estimate of drug-likeness (QED) is 0.107. The van der Waals surface area contributed by atoms with Crippen molar-refractivity contribution in [3.05, 3.63) is 127 Å². The number of piperidine rings is 1. The van der Waals surface area contributed by atoms with E-state index in [1.165, 1.54) is 53.4 Å². The second-order valence-electron chi connectivity index (χ2n) is 11.3. The zero-order chi connectivity index (χ0) is 33.8. The Bertz CT molecular complexity index is 1570. The van der Waals surface area contributed by atoms with E-state index >= 15 is 0 Å². The third-order valence-corrected chi connectivity index (χ3v) is 7.78. The van der Waals surface area contributed by atoms with Crippen LogP contribution in [0.15, 0.2) is 90.0 Å². The Morgan fingerprint density at radius 2 is 1.30 bits per heavy atom. The summed E-state index contributed by atoms with van der Waals surface area (Å²) in [7, 11) is 0. The van der Waals surface area contributed by atoms with E-state index in [-0.39, 0.29) is 66.0 Å². The summed E-state index contributed by atoms with van der Waals surface area (Å²) in [6.07, 6.45) is 7.00. The van der Waals surface area contributed by atoms with E-state index in [4.69, 9.17) is 5.73 Å². The van der Waals surface area contributed by atoms with Crippen molar-refractivity contribution in [1.82, 2.24) is 10.2 Å². The lowest BCUT2D eigenvalue weighted by molar-refractivity contribution is -0.385. The SMILES string of the molecule is NCCCCCCC(=O)NC(Cc1ccccc1)C(=O)N1CC(=Cc2ccc([N+](=O)[O-])cc2)C(=O)C(=Cc2ccc([N+](=O)[O-])cc2)C1. The lowest BCUT2D eigenvalue weighted by Gasteiger charge is -2.33. The minimum atomic E-state index is -0.900. The highest BCUT2D eigenvalue weighted by molar-refractivity contribution is 6.15. The number of rotatable bonds is 14. The largest absolute Gasteiger partial charge is 0.344 e. The molecule has 0 radical (unpaired) electrons. The van der Waals surface area contributed by atoms with Crippen molar-refractivity contribution in [2.75, 3.05) is 19.6 Å². The summed E-state index contributed by atoms with van der Waals surface area (Å²) in [5.41, 5.74) is 7.83. The Morgan fingerprint density at radius 3 is 1.79 bits per heavy atom. The van der Waals surface area contributed by atoms with Gasteiger partial charge in [-0.3, -0.25) is 34.6 Å². The van der Waals surface area contributed by atoms with Gasteiger partial charge in [0.1, 0.15) is 6.04 Å². The number of nitrogens with one attached hydrogen (secondary N) is 1. The van der Waals surface area contributed by atoms with Gasteiger partial charge in [-0.15, -0.1) is 0 Å². The number of likely N-dealkylation sites (tertiary alicyclic amines) is 1. The molecule has 2 amide bonds. The first-order valence-corrected chi connectivity index (χ1v) is 15.4. The number of nitro benzene ring substituents is 2. The van der Waals surface area contributed by atoms with Crippen molar-refractivity contribution < 1.29 is 24.2 Å². The molecule has 0 aliphatic carbocycles. The minimum absolute atomic E-state index is 0.0491. The Hall–Kier alpha value is -5.49. The van der Waals surface area contributed by atoms with Crippen molar-refractivity contribution >= 4 is 41.1 Å². The normalized spacial score (nSPS) is 15.4. The molecule has 3 N–H and O–H groups in total. The molecule has 1 aliphatic rings. The average Bonchev–Trinajstić information content (AvgIpc) is 3.06. The average molecular weight is 640 g/mol. The number of carbonyl (C=O) groups is 3. The van der Waals surface area contributed by atoms with Crippen LogP contribution in [0.5, 0.6) is 0 Å². The van der Waals surface area contributed by atoms with Crippen LogP contribution in [0.25, 0.3) is 12.2 Å². The van der Waals surface area contributed by atoms with Gasteiger partial charge in [-0.05, 0) is 72.5 Å². The highest BCUT2D eigenvalue weighted by Crippen LogP contribution is 2.25. The number of amides is 2. The molecule has 4 rings (SSSR count). The van der Waals surface area contributed by atoms with Crippen LogP contribution in [0.3, 0.4) is 0 Å². The number of benzene rings is 3. The lowest BCUT2D eigenvalue weighted by atomic mass is 9.93. The third kappa shape index (κ3) is 10.00. The number of nitrogens with two attached hydrogens (primary N) is 1. The molecule has 1 fully saturated rings. The van der Waals surface area contributed by atoms with E-state index in [2.05, 4.69) is 5.32 Å². The summed E-state index contributed by atoms with van der Waals surface area (Å²) in [6.45, 7) is 0.498. The molecule has 47 heavy (non-hydrogen) atoms. The van der Waals surface area contributed by atoms with E-state index in [9.17, 15) is 34.6 Å². The summed E-state index contributed by atoms with van der Waals surface area (Å²) in [5.74, 6) is -0.947. The number of nitrogens with zero attached hydrogens (tertiary/aromatic N) is 3. The topological polar surface area (TPSA) is 179 Å². The number of Topliss-reactive ketones (excluding diaryl/α,β-unsaturated/α-hetero) is 1. The molecule has 3 aromatic carbocycles. The molecule has 1 unspecified atom stereocenters. The summed E-state index contributed by atoms with van der Waals surface area (Å²) in [4.78, 5) is 63.6. The molecule has 3 aromatic rings. The molecular formula is C35H37N5O7. The predicted molar refractivity (Wildman–Crippen MR) is 178 cm³/mol. The predicted octanol–water partition coefficient (Wildman–Crippen LogP) is 5.02. The van der Waals surface area contributed by atoms with Gasteiger partial charge in [0, 0.05) is 61.3 Å². The van der Waals surface area contributed by atoms with Crippen molar-refractivity contribution in [2.24, 2.45) is 5.73 Å². The summed E-state index contributed by atoms with van der Waals surface area (Å²) in [6, 6.07) is 19.8. The molecule has 0 saturated carbocycles. The summed E-state index contributed by atoms with van der Waals surface area (Å²) < 4.78 is 0. The van der Waals surface area contributed by atoms with Gasteiger partial charge in [0.25, 0.3) is 11.4 Å². The van der Waals surface area contributed by atoms with Crippen LogP contribution in [-0.4, -0.2) is 58.0 Å². The number of hydrogen-bond acceptors (Lipinski definition) is 8. The second kappa shape index (κ2) is 16.7. The number of nitro groups is 2. The molecule has 0 aromatic heterocycles. The maximum atomic E-state index is 14.2. The number of unbranched alkanes of at least 4 members (excludes halogenated alkanes) is 3. The Kier molecular flexibility index (Phi) is 12.2. The molecule has 1 atom stereocenters. The molecule has 0 spiro atoms. The van der Waals surface area contributed by atoms with Gasteiger partial charge in [0.2, 0.25) is 11.8 Å². The summed E-state index contributed by atoms with van der Waals surface area (Å²) in [5, 5.41) is 25.2. The number of non-ortho nitro benzene ring substituents is 2. The van der Waals surface area contributed by atoms with Crippen LogP contribution >= 0.6 is 0 Å². The van der Waals surface area contributed by atoms with Crippen LogP contribution in [0, 0.1) is 20.2 Å². The monoisotopic (exact) mass is 639 g/mol. The first kappa shape index (κ1) is 34.4. The number of ketones is 1. The molecule has 12 heteroatoms. The smallest absolute Gasteiger partial charge is 0.269 e. The van der Waals surface area contributed by atoms with E-state index < -0.39 is 15.9 Å². The van der Waals surface area contributed by atoms with Crippen LogP contribution in [-0.2, 0) is 20.8 Å². The third-order valence-electron chi connectivity index (χ3n) is 7.78. The van der Waals surface area contributed by atoms with Gasteiger partial charge >= 0.3 is 0 Å². The fourth-order valence-corrected chi connectivity index (χ4v) is 5.30. The first-order valence-electron chi connectivity index (χ1n) is 15.4. The van der Waals surface area contributed by atoms with Gasteiger partial charge < -0.3 is 16.0 Å². The standard InChI is InChI=1S/C35H37N5O7/c36-19-7-2-1-6-10-33(41)37-32(22-25-8-4-3-5-9-25)35(43)38-23-28(20-26-11-15-30(16-12-26)39(44)45)34(42)29(24-38)21-27-13-17-31(18-14-27)40(46)47/h3-5,8-9,11-18,20-21,32H,1-2,6-7,10,19,22-24,36H2,(H,37,41). The van der Waals surface area contributed by atoms with E-state index in [0.29, 0.717) is 24.1 Å². The molecule has 0 bridgehead atoms. The first-order chi connectivity index (χ1) is 22.6. The zero-order valence-corrected chi connectivity index (χ0v) is 25.9. The maximum absolute atomic E-state index is 14.2. The Labute approximate surface area is 272 Å². The number of carbonyl (C=O) groups excluding carboxylic acids is 3. The second-order valence-corrected chi connectivity index (χ2v) is 11.3. The van der Waals surface area contributed by atoms with Gasteiger partial charge in [0.05, 0.1) is 9.85 Å². The Balaban J connectivity index is 1.65. The molecule has 12 nitrogen and oxygen atoms in total. The maximum Gasteiger partial charge on any atom is 0.269 e. The molecule has 1 heterocycles. The highest BCUT2D eigenvalue weighted by Gasteiger charge is 2.33. The van der Waals surface area contributed by atoms with Crippen LogP contribution in [0.2, 0.25) is 0 Å². The van der Waals surface area contributed by atoms with E-state index in [1.54, 1.807) is 12.2 Å². The molecule has 244 valence electrons.